The number of anilines is 3. The highest BCUT2D eigenvalue weighted by atomic mass is 16.2. The highest BCUT2D eigenvalue weighted by molar-refractivity contribution is 6.05. The van der Waals surface area contributed by atoms with Crippen LogP contribution >= 0.6 is 0 Å². The number of piperazine rings is 1. The molecule has 256 valence electrons. The molecule has 49 heavy (non-hydrogen) atoms. The monoisotopic (exact) mass is 663 g/mol. The fraction of sp³-hybridized carbons (Fsp3) is 0.432. The number of urea groups is 1. The van der Waals surface area contributed by atoms with E-state index in [1.807, 2.05) is 24.4 Å². The van der Waals surface area contributed by atoms with Crippen molar-refractivity contribution in [3.63, 3.8) is 0 Å². The second-order valence-corrected chi connectivity index (χ2v) is 13.6. The van der Waals surface area contributed by atoms with Gasteiger partial charge in [0.1, 0.15) is 11.3 Å². The van der Waals surface area contributed by atoms with Gasteiger partial charge in [-0.3, -0.25) is 24.7 Å². The molecular formula is C37H45N9O3. The lowest BCUT2D eigenvalue weighted by Gasteiger charge is -2.34. The SMILES string of the molecule is CN(C)C(=O)c1cc2cnc(Nc3ccc(CCN4CCN(Cc5ccc(N6CCC(=O)NC6=O)cc5)CC4)cc3)nc2n1C1CCCC1. The van der Waals surface area contributed by atoms with E-state index in [1.165, 1.54) is 24.0 Å². The van der Waals surface area contributed by atoms with Crippen LogP contribution in [0.25, 0.3) is 11.0 Å². The summed E-state index contributed by atoms with van der Waals surface area (Å²) in [6.45, 7) is 6.40. The molecule has 1 saturated carbocycles. The van der Waals surface area contributed by atoms with Crippen LogP contribution in [0.3, 0.4) is 0 Å². The normalized spacial score (nSPS) is 17.9. The topological polar surface area (TPSA) is 119 Å². The van der Waals surface area contributed by atoms with E-state index < -0.39 is 0 Å². The van der Waals surface area contributed by atoms with E-state index in [2.05, 4.69) is 66.4 Å². The maximum absolute atomic E-state index is 13.0. The molecular weight excluding hydrogens is 618 g/mol. The zero-order chi connectivity index (χ0) is 33.9. The Bertz CT molecular complexity index is 1810. The van der Waals surface area contributed by atoms with Crippen molar-refractivity contribution in [2.45, 2.75) is 51.1 Å². The number of hydrogen-bond acceptors (Lipinski definition) is 8. The van der Waals surface area contributed by atoms with Crippen LogP contribution < -0.4 is 15.5 Å². The maximum atomic E-state index is 13.0. The Morgan fingerprint density at radius 2 is 1.61 bits per heavy atom. The molecule has 7 rings (SSSR count). The summed E-state index contributed by atoms with van der Waals surface area (Å²) in [5.41, 5.74) is 5.75. The number of rotatable bonds is 10. The number of aromatic nitrogens is 3. The zero-order valence-electron chi connectivity index (χ0n) is 28.4. The molecule has 2 N–H and O–H groups in total. The third-order valence-corrected chi connectivity index (χ3v) is 9.99. The molecule has 0 radical (unpaired) electrons. The molecule has 12 nitrogen and oxygen atoms in total. The van der Waals surface area contributed by atoms with Gasteiger partial charge in [0.15, 0.2) is 0 Å². The quantitative estimate of drug-likeness (QED) is 0.249. The van der Waals surface area contributed by atoms with Crippen LogP contribution in [0.1, 0.15) is 59.8 Å². The molecule has 3 aliphatic rings. The molecule has 0 atom stereocenters. The standard InChI is InChI=1S/C37H45N9O3/c1-42(2)35(48)32-23-28-24-38-36(41-34(28)46(32)31-5-3-4-6-31)39-29-11-7-26(8-12-29)15-17-43-19-21-44(22-20-43)25-27-9-13-30(14-10-27)45-18-16-33(47)40-37(45)49/h7-14,23-24,31H,3-6,15-22,25H2,1-2H3,(H,38,39,41)(H,40,47,49). The highest BCUT2D eigenvalue weighted by Gasteiger charge is 2.27. The van der Waals surface area contributed by atoms with Crippen LogP contribution in [-0.4, -0.2) is 100 Å². The van der Waals surface area contributed by atoms with Crippen LogP contribution in [0.15, 0.2) is 60.8 Å². The lowest BCUT2D eigenvalue weighted by molar-refractivity contribution is -0.120. The Hall–Kier alpha value is -4.81. The van der Waals surface area contributed by atoms with Crippen molar-refractivity contribution in [2.24, 2.45) is 0 Å². The van der Waals surface area contributed by atoms with Crippen LogP contribution in [0.5, 0.6) is 0 Å². The Morgan fingerprint density at radius 3 is 2.31 bits per heavy atom. The van der Waals surface area contributed by atoms with Crippen LogP contribution in [0, 0.1) is 0 Å². The van der Waals surface area contributed by atoms with Gasteiger partial charge in [-0.15, -0.1) is 0 Å². The smallest absolute Gasteiger partial charge is 0.328 e. The molecule has 2 aromatic carbocycles. The van der Waals surface area contributed by atoms with Gasteiger partial charge in [-0.05, 0) is 60.7 Å². The van der Waals surface area contributed by atoms with Gasteiger partial charge in [0.05, 0.1) is 0 Å². The van der Waals surface area contributed by atoms with Crippen molar-refractivity contribution in [3.05, 3.63) is 77.6 Å². The lowest BCUT2D eigenvalue weighted by Crippen LogP contribution is -2.49. The summed E-state index contributed by atoms with van der Waals surface area (Å²) in [5, 5.41) is 6.65. The molecule has 2 aromatic heterocycles. The summed E-state index contributed by atoms with van der Waals surface area (Å²) in [6.07, 6.45) is 7.58. The molecule has 4 heterocycles. The first-order valence-electron chi connectivity index (χ1n) is 17.4. The molecule has 2 saturated heterocycles. The largest absolute Gasteiger partial charge is 0.343 e. The lowest BCUT2D eigenvalue weighted by atomic mass is 10.1. The first-order chi connectivity index (χ1) is 23.8. The first kappa shape index (κ1) is 32.7. The Morgan fingerprint density at radius 1 is 0.918 bits per heavy atom. The van der Waals surface area contributed by atoms with Crippen molar-refractivity contribution < 1.29 is 14.4 Å². The first-order valence-corrected chi connectivity index (χ1v) is 17.4. The van der Waals surface area contributed by atoms with Gasteiger partial charge in [0.25, 0.3) is 5.91 Å². The fourth-order valence-corrected chi connectivity index (χ4v) is 7.19. The van der Waals surface area contributed by atoms with Crippen molar-refractivity contribution in [2.75, 3.05) is 63.6 Å². The predicted molar refractivity (Wildman–Crippen MR) is 190 cm³/mol. The second-order valence-electron chi connectivity index (χ2n) is 13.6. The minimum absolute atomic E-state index is 0.00818. The average Bonchev–Trinajstić information content (AvgIpc) is 3.77. The minimum Gasteiger partial charge on any atom is -0.343 e. The van der Waals surface area contributed by atoms with E-state index in [0.29, 0.717) is 24.6 Å². The van der Waals surface area contributed by atoms with Gasteiger partial charge in [-0.2, -0.15) is 4.98 Å². The number of fused-ring (bicyclic) bond motifs is 1. The molecule has 2 aliphatic heterocycles. The second kappa shape index (κ2) is 14.4. The van der Waals surface area contributed by atoms with E-state index in [-0.39, 0.29) is 23.9 Å². The third kappa shape index (κ3) is 7.45. The Kier molecular flexibility index (Phi) is 9.58. The van der Waals surface area contributed by atoms with E-state index in [1.54, 1.807) is 23.9 Å². The number of hydrogen-bond donors (Lipinski definition) is 2. The van der Waals surface area contributed by atoms with Gasteiger partial charge >= 0.3 is 6.03 Å². The third-order valence-electron chi connectivity index (χ3n) is 9.99. The number of nitrogens with one attached hydrogen (secondary N) is 2. The summed E-state index contributed by atoms with van der Waals surface area (Å²) in [7, 11) is 3.58. The molecule has 0 unspecified atom stereocenters. The number of benzene rings is 2. The van der Waals surface area contributed by atoms with Crippen molar-refractivity contribution in [3.8, 4) is 0 Å². The summed E-state index contributed by atoms with van der Waals surface area (Å²) in [5.74, 6) is 0.303. The van der Waals surface area contributed by atoms with E-state index in [0.717, 1.165) is 80.9 Å². The molecule has 4 amide bonds. The van der Waals surface area contributed by atoms with Crippen molar-refractivity contribution >= 4 is 46.2 Å². The van der Waals surface area contributed by atoms with Crippen molar-refractivity contribution in [1.29, 1.82) is 0 Å². The number of carbonyl (C=O) groups is 3. The van der Waals surface area contributed by atoms with Gasteiger partial charge in [0, 0.05) is 95.3 Å². The van der Waals surface area contributed by atoms with Gasteiger partial charge < -0.3 is 19.7 Å². The molecule has 3 fully saturated rings. The Labute approximate surface area is 287 Å². The maximum Gasteiger partial charge on any atom is 0.328 e. The average molecular weight is 664 g/mol. The fourth-order valence-electron chi connectivity index (χ4n) is 7.19. The minimum atomic E-state index is -0.351. The molecule has 0 bridgehead atoms. The predicted octanol–water partition coefficient (Wildman–Crippen LogP) is 4.80. The van der Waals surface area contributed by atoms with Crippen molar-refractivity contribution in [1.82, 2.24) is 34.6 Å². The summed E-state index contributed by atoms with van der Waals surface area (Å²) >= 11 is 0. The summed E-state index contributed by atoms with van der Waals surface area (Å²) in [4.78, 5) is 54.3. The van der Waals surface area contributed by atoms with E-state index in [4.69, 9.17) is 4.98 Å². The van der Waals surface area contributed by atoms with Gasteiger partial charge in [0.2, 0.25) is 11.9 Å². The Balaban J connectivity index is 0.895. The molecule has 0 spiro atoms. The number of imide groups is 1. The summed E-state index contributed by atoms with van der Waals surface area (Å²) < 4.78 is 2.14. The molecule has 1 aliphatic carbocycles. The molecule has 12 heteroatoms. The highest BCUT2D eigenvalue weighted by Crippen LogP contribution is 2.35. The zero-order valence-corrected chi connectivity index (χ0v) is 28.4. The van der Waals surface area contributed by atoms with Gasteiger partial charge in [-0.1, -0.05) is 37.1 Å². The van der Waals surface area contributed by atoms with Crippen LogP contribution in [0.2, 0.25) is 0 Å². The van der Waals surface area contributed by atoms with Gasteiger partial charge in [-0.25, -0.2) is 9.78 Å². The number of carbonyl (C=O) groups excluding carboxylic acids is 3. The van der Waals surface area contributed by atoms with E-state index in [9.17, 15) is 14.4 Å². The number of nitrogens with zero attached hydrogens (tertiary/aromatic N) is 7. The van der Waals surface area contributed by atoms with Crippen LogP contribution in [-0.2, 0) is 17.8 Å². The van der Waals surface area contributed by atoms with E-state index >= 15 is 0 Å². The summed E-state index contributed by atoms with van der Waals surface area (Å²) in [6, 6.07) is 18.4. The van der Waals surface area contributed by atoms with Crippen LogP contribution in [0.4, 0.5) is 22.1 Å². The molecule has 4 aromatic rings. The number of amides is 4.